The maximum absolute atomic E-state index is 9.28. The molecule has 1 aromatic rings. The number of nitrogens with one attached hydrogen (secondary N) is 1. The van der Waals surface area contributed by atoms with Crippen LogP contribution in [0.3, 0.4) is 0 Å². The number of ether oxygens (including phenoxy) is 2. The van der Waals surface area contributed by atoms with Crippen molar-refractivity contribution in [2.45, 2.75) is 25.4 Å². The van der Waals surface area contributed by atoms with Crippen molar-refractivity contribution < 1.29 is 14.6 Å². The standard InChI is InChI=1S/C14H18N2O3/c1-14(2,9-17)16-11(8-15)10-3-4-12-13(7-10)19-6-5-18-12/h3-4,7,11,16-17H,5-6,9H2,1-2H3. The molecule has 0 saturated carbocycles. The van der Waals surface area contributed by atoms with Crippen LogP contribution < -0.4 is 14.8 Å². The average Bonchev–Trinajstić information content (AvgIpc) is 2.44. The monoisotopic (exact) mass is 262 g/mol. The lowest BCUT2D eigenvalue weighted by molar-refractivity contribution is 0.170. The summed E-state index contributed by atoms with van der Waals surface area (Å²) in [5.74, 6) is 1.36. The minimum absolute atomic E-state index is 0.0459. The van der Waals surface area contributed by atoms with Crippen LogP contribution in [-0.4, -0.2) is 30.5 Å². The fourth-order valence-electron chi connectivity index (χ4n) is 1.87. The van der Waals surface area contributed by atoms with Crippen molar-refractivity contribution in [2.75, 3.05) is 19.8 Å². The van der Waals surface area contributed by atoms with Gasteiger partial charge in [-0.1, -0.05) is 6.07 Å². The Bertz CT molecular complexity index is 494. The molecule has 19 heavy (non-hydrogen) atoms. The summed E-state index contributed by atoms with van der Waals surface area (Å²) in [4.78, 5) is 0. The topological polar surface area (TPSA) is 74.5 Å². The molecule has 5 nitrogen and oxygen atoms in total. The Morgan fingerprint density at radius 2 is 2.05 bits per heavy atom. The number of aliphatic hydroxyl groups excluding tert-OH is 1. The number of nitrogens with zero attached hydrogens (tertiary/aromatic N) is 1. The summed E-state index contributed by atoms with van der Waals surface area (Å²) in [6.07, 6.45) is 0. The summed E-state index contributed by atoms with van der Waals surface area (Å²) in [7, 11) is 0. The first kappa shape index (κ1) is 13.7. The van der Waals surface area contributed by atoms with Gasteiger partial charge in [0.1, 0.15) is 19.3 Å². The SMILES string of the molecule is CC(C)(CO)NC(C#N)c1ccc2c(c1)OCCO2. The van der Waals surface area contributed by atoms with Crippen molar-refractivity contribution in [1.29, 1.82) is 5.26 Å². The van der Waals surface area contributed by atoms with Gasteiger partial charge in [-0.05, 0) is 31.5 Å². The molecule has 0 spiro atoms. The molecule has 1 aliphatic rings. The summed E-state index contributed by atoms with van der Waals surface area (Å²) < 4.78 is 10.9. The van der Waals surface area contributed by atoms with Gasteiger partial charge in [-0.2, -0.15) is 5.26 Å². The highest BCUT2D eigenvalue weighted by molar-refractivity contribution is 5.45. The van der Waals surface area contributed by atoms with Gasteiger partial charge in [-0.25, -0.2) is 0 Å². The van der Waals surface area contributed by atoms with Crippen LogP contribution in [-0.2, 0) is 0 Å². The second kappa shape index (κ2) is 5.47. The van der Waals surface area contributed by atoms with Gasteiger partial charge in [0, 0.05) is 5.54 Å². The highest BCUT2D eigenvalue weighted by Gasteiger charge is 2.23. The quantitative estimate of drug-likeness (QED) is 0.857. The Morgan fingerprint density at radius 1 is 1.37 bits per heavy atom. The Hall–Kier alpha value is -1.77. The van der Waals surface area contributed by atoms with Gasteiger partial charge in [-0.3, -0.25) is 5.32 Å². The normalized spacial score (nSPS) is 15.7. The summed E-state index contributed by atoms with van der Waals surface area (Å²) in [5, 5.41) is 21.6. The van der Waals surface area contributed by atoms with Gasteiger partial charge in [0.25, 0.3) is 0 Å². The zero-order valence-electron chi connectivity index (χ0n) is 11.1. The van der Waals surface area contributed by atoms with E-state index in [0.717, 1.165) is 5.56 Å². The zero-order valence-corrected chi connectivity index (χ0v) is 11.1. The second-order valence-electron chi connectivity index (χ2n) is 5.15. The van der Waals surface area contributed by atoms with Gasteiger partial charge < -0.3 is 14.6 Å². The van der Waals surface area contributed by atoms with Gasteiger partial charge in [0.15, 0.2) is 11.5 Å². The molecule has 0 radical (unpaired) electrons. The van der Waals surface area contributed by atoms with Gasteiger partial charge >= 0.3 is 0 Å². The van der Waals surface area contributed by atoms with Crippen LogP contribution in [0, 0.1) is 11.3 Å². The van der Waals surface area contributed by atoms with E-state index in [1.54, 1.807) is 0 Å². The van der Waals surface area contributed by atoms with E-state index < -0.39 is 11.6 Å². The molecule has 102 valence electrons. The third kappa shape index (κ3) is 3.16. The summed E-state index contributed by atoms with van der Waals surface area (Å²) in [6.45, 7) is 4.70. The molecule has 5 heteroatoms. The molecular formula is C14H18N2O3. The number of fused-ring (bicyclic) bond motifs is 1. The average molecular weight is 262 g/mol. The lowest BCUT2D eigenvalue weighted by Gasteiger charge is -2.27. The van der Waals surface area contributed by atoms with E-state index in [1.807, 2.05) is 32.0 Å². The summed E-state index contributed by atoms with van der Waals surface area (Å²) in [5.41, 5.74) is 0.279. The highest BCUT2D eigenvalue weighted by Crippen LogP contribution is 2.32. The molecule has 0 aromatic heterocycles. The molecule has 2 N–H and O–H groups in total. The maximum atomic E-state index is 9.28. The van der Waals surface area contributed by atoms with Crippen LogP contribution in [0.25, 0.3) is 0 Å². The van der Waals surface area contributed by atoms with Crippen molar-refractivity contribution in [3.8, 4) is 17.6 Å². The largest absolute Gasteiger partial charge is 0.486 e. The molecule has 0 aliphatic carbocycles. The van der Waals surface area contributed by atoms with Crippen LogP contribution in [0.1, 0.15) is 25.5 Å². The van der Waals surface area contributed by atoms with Crippen LogP contribution in [0.5, 0.6) is 11.5 Å². The van der Waals surface area contributed by atoms with E-state index >= 15 is 0 Å². The molecule has 0 saturated heterocycles. The molecule has 0 amide bonds. The molecule has 2 rings (SSSR count). The van der Waals surface area contributed by atoms with Gasteiger partial charge in [0.05, 0.1) is 12.7 Å². The zero-order chi connectivity index (χ0) is 13.9. The van der Waals surface area contributed by atoms with Crippen molar-refractivity contribution in [3.63, 3.8) is 0 Å². The van der Waals surface area contributed by atoms with Crippen LogP contribution in [0.2, 0.25) is 0 Å². The lowest BCUT2D eigenvalue weighted by atomic mass is 10.0. The maximum Gasteiger partial charge on any atom is 0.161 e. The van der Waals surface area contributed by atoms with Crippen LogP contribution in [0.15, 0.2) is 18.2 Å². The molecule has 1 aromatic carbocycles. The second-order valence-corrected chi connectivity index (χ2v) is 5.15. The molecular weight excluding hydrogens is 244 g/mol. The van der Waals surface area contributed by atoms with Gasteiger partial charge in [0.2, 0.25) is 0 Å². The Balaban J connectivity index is 2.22. The number of hydrogen-bond acceptors (Lipinski definition) is 5. The molecule has 0 bridgehead atoms. The van der Waals surface area contributed by atoms with Crippen molar-refractivity contribution in [2.24, 2.45) is 0 Å². The lowest BCUT2D eigenvalue weighted by Crippen LogP contribution is -2.44. The third-order valence-electron chi connectivity index (χ3n) is 2.96. The first-order valence-corrected chi connectivity index (χ1v) is 6.23. The Kier molecular flexibility index (Phi) is 3.93. The van der Waals surface area contributed by atoms with Crippen molar-refractivity contribution in [3.05, 3.63) is 23.8 Å². The van der Waals surface area contributed by atoms with E-state index in [0.29, 0.717) is 24.7 Å². The molecule has 0 fully saturated rings. The number of rotatable bonds is 4. The summed E-state index contributed by atoms with van der Waals surface area (Å²) >= 11 is 0. The predicted octanol–water partition coefficient (Wildman–Crippen LogP) is 1.38. The molecule has 1 unspecified atom stereocenters. The fraction of sp³-hybridized carbons (Fsp3) is 0.500. The minimum atomic E-state index is -0.520. The third-order valence-corrected chi connectivity index (χ3v) is 2.96. The van der Waals surface area contributed by atoms with Crippen molar-refractivity contribution >= 4 is 0 Å². The van der Waals surface area contributed by atoms with E-state index in [2.05, 4.69) is 11.4 Å². The molecule has 1 heterocycles. The Labute approximate surface area is 112 Å². The fourth-order valence-corrected chi connectivity index (χ4v) is 1.87. The van der Waals surface area contributed by atoms with Crippen LogP contribution >= 0.6 is 0 Å². The van der Waals surface area contributed by atoms with Gasteiger partial charge in [-0.15, -0.1) is 0 Å². The summed E-state index contributed by atoms with van der Waals surface area (Å²) in [6, 6.07) is 7.15. The number of hydrogen-bond donors (Lipinski definition) is 2. The van der Waals surface area contributed by atoms with E-state index in [4.69, 9.17) is 9.47 Å². The number of aliphatic hydroxyl groups is 1. The van der Waals surface area contributed by atoms with E-state index in [1.165, 1.54) is 0 Å². The number of nitriles is 1. The van der Waals surface area contributed by atoms with Crippen molar-refractivity contribution in [1.82, 2.24) is 5.32 Å². The van der Waals surface area contributed by atoms with E-state index in [9.17, 15) is 10.4 Å². The predicted molar refractivity (Wildman–Crippen MR) is 70.1 cm³/mol. The Morgan fingerprint density at radius 3 is 2.68 bits per heavy atom. The minimum Gasteiger partial charge on any atom is -0.486 e. The molecule has 1 aliphatic heterocycles. The first-order chi connectivity index (χ1) is 9.05. The van der Waals surface area contributed by atoms with E-state index in [-0.39, 0.29) is 6.61 Å². The first-order valence-electron chi connectivity index (χ1n) is 6.23. The molecule has 1 atom stereocenters. The smallest absolute Gasteiger partial charge is 0.161 e. The number of benzene rings is 1. The van der Waals surface area contributed by atoms with Crippen LogP contribution in [0.4, 0.5) is 0 Å². The highest BCUT2D eigenvalue weighted by atomic mass is 16.6.